The number of rotatable bonds is 2. The summed E-state index contributed by atoms with van der Waals surface area (Å²) in [4.78, 5) is 11.1. The molecule has 1 aromatic carbocycles. The van der Waals surface area contributed by atoms with Crippen molar-refractivity contribution in [2.75, 3.05) is 7.11 Å². The maximum atomic E-state index is 13.3. The quantitative estimate of drug-likeness (QED) is 0.465. The number of benzene rings is 1. The summed E-state index contributed by atoms with van der Waals surface area (Å²) in [6.45, 7) is 0. The van der Waals surface area contributed by atoms with Crippen molar-refractivity contribution in [3.05, 3.63) is 39.9 Å². The summed E-state index contributed by atoms with van der Waals surface area (Å²) in [5.74, 6) is -2.90. The second-order valence-electron chi connectivity index (χ2n) is 2.94. The Hall–Kier alpha value is -1.93. The number of halogens is 3. The lowest BCUT2D eigenvalue weighted by Gasteiger charge is -2.01. The van der Waals surface area contributed by atoms with E-state index < -0.39 is 28.7 Å². The van der Waals surface area contributed by atoms with Crippen molar-refractivity contribution in [2.45, 2.75) is 0 Å². The Morgan fingerprint density at radius 3 is 2.41 bits per heavy atom. The zero-order valence-corrected chi connectivity index (χ0v) is 9.39. The molecule has 0 atom stereocenters. The highest BCUT2D eigenvalue weighted by Crippen LogP contribution is 2.21. The van der Waals surface area contributed by atoms with Crippen LogP contribution < -0.4 is 0 Å². The van der Waals surface area contributed by atoms with Gasteiger partial charge in [0.15, 0.2) is 0 Å². The van der Waals surface area contributed by atoms with Gasteiger partial charge < -0.3 is 4.74 Å². The molecule has 1 aromatic rings. The molecular weight excluding hydrogens is 252 g/mol. The van der Waals surface area contributed by atoms with Gasteiger partial charge in [0, 0.05) is 10.6 Å². The maximum absolute atomic E-state index is 13.3. The molecule has 0 bridgehead atoms. The number of carbonyl (C=O) groups is 1. The Bertz CT molecular complexity index is 512. The number of esters is 1. The summed E-state index contributed by atoms with van der Waals surface area (Å²) in [6.07, 6.45) is 0.771. The van der Waals surface area contributed by atoms with Gasteiger partial charge in [-0.25, -0.2) is 13.6 Å². The minimum Gasteiger partial charge on any atom is -0.465 e. The lowest BCUT2D eigenvalue weighted by Crippen LogP contribution is -2.03. The SMILES string of the molecule is COC(=O)/C(C#N)=C/c1c(F)cc(Cl)cc1F. The van der Waals surface area contributed by atoms with E-state index in [0.717, 1.165) is 25.3 Å². The standard InChI is InChI=1S/C11H6ClF2NO2/c1-17-11(16)6(5-15)2-8-9(13)3-7(12)4-10(8)14/h2-4H,1H3/b6-2+. The summed E-state index contributed by atoms with van der Waals surface area (Å²) < 4.78 is 31.0. The fraction of sp³-hybridized carbons (Fsp3) is 0.0909. The molecule has 0 heterocycles. The predicted octanol–water partition coefficient (Wildman–Crippen LogP) is 2.70. The van der Waals surface area contributed by atoms with Crippen LogP contribution in [-0.2, 0) is 9.53 Å². The normalized spacial score (nSPS) is 10.9. The van der Waals surface area contributed by atoms with E-state index in [-0.39, 0.29) is 5.02 Å². The van der Waals surface area contributed by atoms with Crippen LogP contribution in [0, 0.1) is 23.0 Å². The first-order valence-electron chi connectivity index (χ1n) is 4.34. The molecule has 88 valence electrons. The van der Waals surface area contributed by atoms with Crippen molar-refractivity contribution in [1.29, 1.82) is 5.26 Å². The van der Waals surface area contributed by atoms with Crippen LogP contribution in [0.1, 0.15) is 5.56 Å². The van der Waals surface area contributed by atoms with Crippen LogP contribution >= 0.6 is 11.6 Å². The molecule has 0 saturated carbocycles. The van der Waals surface area contributed by atoms with Gasteiger partial charge in [0.05, 0.1) is 7.11 Å². The van der Waals surface area contributed by atoms with Gasteiger partial charge in [0.25, 0.3) is 0 Å². The number of carbonyl (C=O) groups excluding carboxylic acids is 1. The van der Waals surface area contributed by atoms with Gasteiger partial charge in [0.1, 0.15) is 23.3 Å². The van der Waals surface area contributed by atoms with Gasteiger partial charge in [0.2, 0.25) is 0 Å². The largest absolute Gasteiger partial charge is 0.465 e. The highest BCUT2D eigenvalue weighted by molar-refractivity contribution is 6.30. The number of ether oxygens (including phenoxy) is 1. The van der Waals surface area contributed by atoms with Crippen LogP contribution in [0.15, 0.2) is 17.7 Å². The van der Waals surface area contributed by atoms with Crippen molar-refractivity contribution >= 4 is 23.6 Å². The molecule has 0 fully saturated rings. The van der Waals surface area contributed by atoms with E-state index in [1.54, 1.807) is 0 Å². The van der Waals surface area contributed by atoms with Crippen LogP contribution in [-0.4, -0.2) is 13.1 Å². The first-order valence-corrected chi connectivity index (χ1v) is 4.72. The van der Waals surface area contributed by atoms with E-state index in [1.807, 2.05) is 0 Å². The molecule has 0 saturated heterocycles. The number of methoxy groups -OCH3 is 1. The molecule has 0 spiro atoms. The number of nitriles is 1. The maximum Gasteiger partial charge on any atom is 0.348 e. The van der Waals surface area contributed by atoms with Gasteiger partial charge in [-0.1, -0.05) is 11.6 Å². The summed E-state index contributed by atoms with van der Waals surface area (Å²) in [6, 6.07) is 3.25. The summed E-state index contributed by atoms with van der Waals surface area (Å²) in [5.41, 5.74) is -1.02. The van der Waals surface area contributed by atoms with Crippen molar-refractivity contribution in [3.8, 4) is 6.07 Å². The molecule has 0 aromatic heterocycles. The average Bonchev–Trinajstić information content (AvgIpc) is 2.27. The number of hydrogen-bond donors (Lipinski definition) is 0. The molecule has 0 aliphatic rings. The molecule has 0 unspecified atom stereocenters. The molecule has 3 nitrogen and oxygen atoms in total. The fourth-order valence-corrected chi connectivity index (χ4v) is 1.27. The molecular formula is C11H6ClF2NO2. The van der Waals surface area contributed by atoms with Crippen molar-refractivity contribution in [1.82, 2.24) is 0 Å². The first kappa shape index (κ1) is 13.1. The summed E-state index contributed by atoms with van der Waals surface area (Å²) >= 11 is 5.43. The minimum absolute atomic E-state index is 0.117. The van der Waals surface area contributed by atoms with Gasteiger partial charge in [-0.15, -0.1) is 0 Å². The van der Waals surface area contributed by atoms with E-state index in [9.17, 15) is 13.6 Å². The van der Waals surface area contributed by atoms with Gasteiger partial charge in [-0.2, -0.15) is 5.26 Å². The van der Waals surface area contributed by atoms with Gasteiger partial charge in [-0.05, 0) is 18.2 Å². The Morgan fingerprint density at radius 2 is 2.00 bits per heavy atom. The number of nitrogens with zero attached hydrogens (tertiary/aromatic N) is 1. The molecule has 0 aliphatic carbocycles. The second kappa shape index (κ2) is 5.41. The zero-order valence-electron chi connectivity index (χ0n) is 8.63. The van der Waals surface area contributed by atoms with E-state index >= 15 is 0 Å². The Balaban J connectivity index is 3.31. The minimum atomic E-state index is -0.971. The van der Waals surface area contributed by atoms with E-state index in [4.69, 9.17) is 16.9 Å². The molecule has 0 N–H and O–H groups in total. The first-order chi connectivity index (χ1) is 7.99. The van der Waals surface area contributed by atoms with Gasteiger partial charge >= 0.3 is 5.97 Å². The third-order valence-electron chi connectivity index (χ3n) is 1.86. The molecule has 0 radical (unpaired) electrons. The molecule has 6 heteroatoms. The monoisotopic (exact) mass is 257 g/mol. The van der Waals surface area contributed by atoms with Crippen LogP contribution in [0.5, 0.6) is 0 Å². The predicted molar refractivity (Wildman–Crippen MR) is 57.0 cm³/mol. The van der Waals surface area contributed by atoms with E-state index in [0.29, 0.717) is 0 Å². The lowest BCUT2D eigenvalue weighted by atomic mass is 10.1. The Kier molecular flexibility index (Phi) is 4.18. The van der Waals surface area contributed by atoms with Crippen molar-refractivity contribution in [3.63, 3.8) is 0 Å². The lowest BCUT2D eigenvalue weighted by molar-refractivity contribution is -0.135. The molecule has 17 heavy (non-hydrogen) atoms. The molecule has 1 rings (SSSR count). The fourth-order valence-electron chi connectivity index (χ4n) is 1.08. The van der Waals surface area contributed by atoms with E-state index in [1.165, 1.54) is 6.07 Å². The Morgan fingerprint density at radius 1 is 1.47 bits per heavy atom. The van der Waals surface area contributed by atoms with Crippen molar-refractivity contribution < 1.29 is 18.3 Å². The highest BCUT2D eigenvalue weighted by Gasteiger charge is 2.14. The van der Waals surface area contributed by atoms with Crippen LogP contribution in [0.2, 0.25) is 5.02 Å². The van der Waals surface area contributed by atoms with Gasteiger partial charge in [-0.3, -0.25) is 0 Å². The van der Waals surface area contributed by atoms with Crippen LogP contribution in [0.4, 0.5) is 8.78 Å². The number of hydrogen-bond acceptors (Lipinski definition) is 3. The van der Waals surface area contributed by atoms with Crippen molar-refractivity contribution in [2.24, 2.45) is 0 Å². The smallest absolute Gasteiger partial charge is 0.348 e. The molecule has 0 amide bonds. The molecule has 0 aliphatic heterocycles. The summed E-state index contributed by atoms with van der Waals surface area (Å²) in [7, 11) is 1.06. The third-order valence-corrected chi connectivity index (χ3v) is 2.08. The Labute approximate surface area is 101 Å². The van der Waals surface area contributed by atoms with E-state index in [2.05, 4.69) is 4.74 Å². The zero-order chi connectivity index (χ0) is 13.0. The second-order valence-corrected chi connectivity index (χ2v) is 3.38. The average molecular weight is 258 g/mol. The highest BCUT2D eigenvalue weighted by atomic mass is 35.5. The third kappa shape index (κ3) is 3.02. The summed E-state index contributed by atoms with van der Waals surface area (Å²) in [5, 5.41) is 8.52. The van der Waals surface area contributed by atoms with Crippen LogP contribution in [0.25, 0.3) is 6.08 Å². The van der Waals surface area contributed by atoms with Crippen LogP contribution in [0.3, 0.4) is 0 Å². The topological polar surface area (TPSA) is 50.1 Å².